The second-order valence-corrected chi connectivity index (χ2v) is 5.24. The Kier molecular flexibility index (Phi) is 5.60. The molecule has 24 heavy (non-hydrogen) atoms. The number of alkyl halides is 5. The van der Waals surface area contributed by atoms with E-state index >= 15 is 0 Å². The Morgan fingerprint density at radius 1 is 1.21 bits per heavy atom. The van der Waals surface area contributed by atoms with Gasteiger partial charge in [-0.25, -0.2) is 4.98 Å². The molecule has 1 heterocycles. The minimum atomic E-state index is -4.87. The molecule has 0 saturated carbocycles. The first-order valence-electron chi connectivity index (χ1n) is 6.31. The van der Waals surface area contributed by atoms with Gasteiger partial charge in [0.2, 0.25) is 0 Å². The summed E-state index contributed by atoms with van der Waals surface area (Å²) in [6, 6.07) is 7.26. The maximum atomic E-state index is 12.5. The number of carbonyl (C=O) groups excluding carboxylic acids is 1. The third kappa shape index (κ3) is 5.37. The van der Waals surface area contributed by atoms with Crippen LogP contribution in [0.2, 0.25) is 0 Å². The summed E-state index contributed by atoms with van der Waals surface area (Å²) in [5.41, 5.74) is -0.108. The van der Waals surface area contributed by atoms with E-state index in [4.69, 9.17) is 0 Å². The first-order chi connectivity index (χ1) is 11.2. The zero-order chi connectivity index (χ0) is 17.7. The van der Waals surface area contributed by atoms with Crippen LogP contribution in [0.1, 0.15) is 10.4 Å². The van der Waals surface area contributed by atoms with Crippen molar-refractivity contribution in [3.8, 4) is 5.75 Å². The molecule has 0 aliphatic heterocycles. The second-order valence-electron chi connectivity index (χ2n) is 4.26. The lowest BCUT2D eigenvalue weighted by atomic mass is 10.2. The molecule has 0 saturated heterocycles. The largest absolute Gasteiger partial charge is 0.573 e. The fourth-order valence-corrected chi connectivity index (χ4v) is 2.29. The lowest BCUT2D eigenvalue weighted by molar-refractivity contribution is -0.274. The molecule has 0 radical (unpaired) electrons. The third-order valence-electron chi connectivity index (χ3n) is 2.54. The maximum Gasteiger partial charge on any atom is 0.573 e. The van der Waals surface area contributed by atoms with Crippen LogP contribution in [0.25, 0.3) is 0 Å². The second kappa shape index (κ2) is 7.47. The minimum absolute atomic E-state index is 0.0126. The molecule has 4 nitrogen and oxygen atoms in total. The fourth-order valence-electron chi connectivity index (χ4n) is 1.71. The number of carbonyl (C=O) groups is 1. The van der Waals surface area contributed by atoms with Gasteiger partial charge in [0, 0.05) is 18.0 Å². The molecule has 0 spiro atoms. The number of thioether (sulfide) groups is 1. The van der Waals surface area contributed by atoms with Crippen molar-refractivity contribution in [1.82, 2.24) is 4.98 Å². The molecule has 2 aromatic rings. The lowest BCUT2D eigenvalue weighted by Crippen LogP contribution is -2.17. The summed E-state index contributed by atoms with van der Waals surface area (Å²) in [6.45, 7) is 0. The highest BCUT2D eigenvalue weighted by Crippen LogP contribution is 2.28. The Morgan fingerprint density at radius 3 is 2.62 bits per heavy atom. The smallest absolute Gasteiger partial charge is 0.406 e. The average Bonchev–Trinajstić information content (AvgIpc) is 2.45. The van der Waals surface area contributed by atoms with Crippen LogP contribution in [0.4, 0.5) is 27.6 Å². The van der Waals surface area contributed by atoms with Crippen LogP contribution >= 0.6 is 11.8 Å². The van der Waals surface area contributed by atoms with Gasteiger partial charge in [-0.05, 0) is 36.0 Å². The van der Waals surface area contributed by atoms with Crippen molar-refractivity contribution in [3.63, 3.8) is 0 Å². The number of halogens is 5. The minimum Gasteiger partial charge on any atom is -0.406 e. The van der Waals surface area contributed by atoms with Crippen LogP contribution in [0.5, 0.6) is 5.75 Å². The number of rotatable bonds is 5. The highest BCUT2D eigenvalue weighted by molar-refractivity contribution is 7.99. The number of anilines is 1. The normalized spacial score (nSPS) is 11.4. The van der Waals surface area contributed by atoms with Gasteiger partial charge in [-0.15, -0.1) is 13.2 Å². The molecule has 0 aliphatic rings. The van der Waals surface area contributed by atoms with Gasteiger partial charge >= 0.3 is 6.36 Å². The first kappa shape index (κ1) is 18.0. The Balaban J connectivity index is 2.17. The van der Waals surface area contributed by atoms with Crippen LogP contribution in [-0.2, 0) is 0 Å². The molecule has 1 aromatic carbocycles. The summed E-state index contributed by atoms with van der Waals surface area (Å²) in [6.07, 6.45) is -3.62. The lowest BCUT2D eigenvalue weighted by Gasteiger charge is -2.11. The number of ether oxygens (including phenoxy) is 1. The number of aromatic nitrogens is 1. The Bertz CT molecular complexity index is 724. The summed E-state index contributed by atoms with van der Waals surface area (Å²) in [4.78, 5) is 15.8. The molecule has 1 amide bonds. The molecule has 128 valence electrons. The summed E-state index contributed by atoms with van der Waals surface area (Å²) < 4.78 is 65.2. The van der Waals surface area contributed by atoms with Crippen molar-refractivity contribution in [2.24, 2.45) is 0 Å². The van der Waals surface area contributed by atoms with E-state index in [0.29, 0.717) is 0 Å². The van der Waals surface area contributed by atoms with Crippen molar-refractivity contribution in [3.05, 3.63) is 48.2 Å². The van der Waals surface area contributed by atoms with Crippen LogP contribution in [0.3, 0.4) is 0 Å². The van der Waals surface area contributed by atoms with E-state index in [1.54, 1.807) is 0 Å². The van der Waals surface area contributed by atoms with Gasteiger partial charge in [-0.3, -0.25) is 4.79 Å². The van der Waals surface area contributed by atoms with Gasteiger partial charge in [-0.2, -0.15) is 8.78 Å². The summed E-state index contributed by atoms with van der Waals surface area (Å²) in [5, 5.41) is 2.13. The van der Waals surface area contributed by atoms with Crippen molar-refractivity contribution in [2.45, 2.75) is 17.1 Å². The molecule has 1 aromatic heterocycles. The predicted molar refractivity (Wildman–Crippen MR) is 77.2 cm³/mol. The molecular formula is C14H9F5N2O2S. The zero-order valence-corrected chi connectivity index (χ0v) is 12.5. The number of hydrogen-bond acceptors (Lipinski definition) is 4. The number of benzene rings is 1. The van der Waals surface area contributed by atoms with Crippen LogP contribution < -0.4 is 10.1 Å². The van der Waals surface area contributed by atoms with E-state index in [-0.39, 0.29) is 28.0 Å². The van der Waals surface area contributed by atoms with Crippen molar-refractivity contribution in [1.29, 1.82) is 0 Å². The summed E-state index contributed by atoms with van der Waals surface area (Å²) in [5.74, 6) is -4.07. The van der Waals surface area contributed by atoms with E-state index in [1.807, 2.05) is 0 Å². The van der Waals surface area contributed by atoms with Crippen molar-refractivity contribution in [2.75, 3.05) is 5.32 Å². The Hall–Kier alpha value is -2.36. The topological polar surface area (TPSA) is 51.2 Å². The molecule has 1 N–H and O–H groups in total. The molecule has 10 heteroatoms. The first-order valence-corrected chi connectivity index (χ1v) is 7.19. The average molecular weight is 364 g/mol. The van der Waals surface area contributed by atoms with Gasteiger partial charge in [0.25, 0.3) is 11.7 Å². The zero-order valence-electron chi connectivity index (χ0n) is 11.7. The van der Waals surface area contributed by atoms with E-state index in [0.717, 1.165) is 12.1 Å². The van der Waals surface area contributed by atoms with E-state index in [1.165, 1.54) is 30.5 Å². The molecule has 2 rings (SSSR count). The van der Waals surface area contributed by atoms with E-state index < -0.39 is 23.8 Å². The number of hydrogen-bond donors (Lipinski definition) is 1. The predicted octanol–water partition coefficient (Wildman–Crippen LogP) is 4.55. The monoisotopic (exact) mass is 364 g/mol. The molecule has 0 bridgehead atoms. The molecule has 0 aliphatic carbocycles. The SMILES string of the molecule is O=C(Nc1cccc(OC(F)(F)F)c1)c1cccnc1SC(F)F. The van der Waals surface area contributed by atoms with Crippen molar-refractivity contribution < 1.29 is 31.5 Å². The Morgan fingerprint density at radius 2 is 1.96 bits per heavy atom. The number of nitrogens with one attached hydrogen (secondary N) is 1. The van der Waals surface area contributed by atoms with Gasteiger partial charge in [0.05, 0.1) is 5.56 Å². The quantitative estimate of drug-likeness (QED) is 0.625. The third-order valence-corrected chi connectivity index (χ3v) is 3.27. The molecule has 0 unspecified atom stereocenters. The van der Waals surface area contributed by atoms with Crippen LogP contribution in [0, 0.1) is 0 Å². The fraction of sp³-hybridized carbons (Fsp3) is 0.143. The van der Waals surface area contributed by atoms with Gasteiger partial charge in [-0.1, -0.05) is 6.07 Å². The highest BCUT2D eigenvalue weighted by Gasteiger charge is 2.31. The molecule has 0 atom stereocenters. The van der Waals surface area contributed by atoms with Gasteiger partial charge in [0.15, 0.2) is 0 Å². The Labute approximate surface area is 137 Å². The van der Waals surface area contributed by atoms with Crippen LogP contribution in [-0.4, -0.2) is 23.0 Å². The number of nitrogens with zero attached hydrogens (tertiary/aromatic N) is 1. The maximum absolute atomic E-state index is 12.5. The van der Waals surface area contributed by atoms with Crippen LogP contribution in [0.15, 0.2) is 47.6 Å². The highest BCUT2D eigenvalue weighted by atomic mass is 32.2. The standard InChI is InChI=1S/C14H9F5N2O2S/c15-13(16)24-12-10(5-2-6-20-12)11(22)21-8-3-1-4-9(7-8)23-14(17,18)19/h1-7,13H,(H,21,22). The summed E-state index contributed by atoms with van der Waals surface area (Å²) in [7, 11) is 0. The van der Waals surface area contributed by atoms with Gasteiger partial charge in [0.1, 0.15) is 10.8 Å². The number of pyridine rings is 1. The van der Waals surface area contributed by atoms with Crippen molar-refractivity contribution >= 4 is 23.4 Å². The summed E-state index contributed by atoms with van der Waals surface area (Å²) >= 11 is 0.0962. The van der Waals surface area contributed by atoms with Gasteiger partial charge < -0.3 is 10.1 Å². The van der Waals surface area contributed by atoms with E-state index in [9.17, 15) is 26.7 Å². The van der Waals surface area contributed by atoms with E-state index in [2.05, 4.69) is 15.0 Å². The number of amides is 1. The molecular weight excluding hydrogens is 355 g/mol. The molecule has 0 fully saturated rings.